The Hall–Kier alpha value is -4.79. The molecule has 198 valence electrons. The number of carbonyl (C=O) groups is 3. The highest BCUT2D eigenvalue weighted by atomic mass is 16.5. The smallest absolute Gasteiger partial charge is 0.352 e. The van der Waals surface area contributed by atoms with E-state index in [9.17, 15) is 14.4 Å². The predicted molar refractivity (Wildman–Crippen MR) is 146 cm³/mol. The van der Waals surface area contributed by atoms with Crippen LogP contribution in [0.5, 0.6) is 11.5 Å². The van der Waals surface area contributed by atoms with Gasteiger partial charge >= 0.3 is 5.97 Å². The van der Waals surface area contributed by atoms with Crippen molar-refractivity contribution in [2.75, 3.05) is 19.5 Å². The van der Waals surface area contributed by atoms with Crippen LogP contribution in [0.25, 0.3) is 10.9 Å². The highest BCUT2D eigenvalue weighted by Crippen LogP contribution is 2.28. The van der Waals surface area contributed by atoms with E-state index in [1.165, 1.54) is 14.2 Å². The van der Waals surface area contributed by atoms with E-state index in [1.807, 2.05) is 24.3 Å². The number of methoxy groups -OCH3 is 2. The highest BCUT2D eigenvalue weighted by Gasteiger charge is 2.27. The van der Waals surface area contributed by atoms with Crippen LogP contribution >= 0.6 is 0 Å². The molecular weight excluding hydrogens is 486 g/mol. The number of carboxylic acids is 1. The SMILES string of the molecule is COc1ccc(C(=O)Nc2ccc(C(C)(C)C(N)=O)cc2)cc1OC.Cn1c(C(=O)O)cc2ccccc21. The van der Waals surface area contributed by atoms with Crippen LogP contribution in [0.1, 0.15) is 40.3 Å². The minimum Gasteiger partial charge on any atom is -0.493 e. The summed E-state index contributed by atoms with van der Waals surface area (Å²) >= 11 is 0. The lowest BCUT2D eigenvalue weighted by Crippen LogP contribution is -2.35. The molecule has 0 aliphatic carbocycles. The van der Waals surface area contributed by atoms with Gasteiger partial charge in [-0.1, -0.05) is 30.3 Å². The molecule has 0 atom stereocenters. The molecule has 3 aromatic carbocycles. The van der Waals surface area contributed by atoms with E-state index in [1.54, 1.807) is 74.0 Å². The normalized spacial score (nSPS) is 10.8. The maximum atomic E-state index is 12.4. The summed E-state index contributed by atoms with van der Waals surface area (Å²) in [5, 5.41) is 12.6. The van der Waals surface area contributed by atoms with Gasteiger partial charge in [-0.25, -0.2) is 4.79 Å². The fourth-order valence-corrected chi connectivity index (χ4v) is 3.79. The molecule has 4 N–H and O–H groups in total. The van der Waals surface area contributed by atoms with Gasteiger partial charge in [0.1, 0.15) is 5.69 Å². The number of para-hydroxylation sites is 1. The van der Waals surface area contributed by atoms with Crippen molar-refractivity contribution in [3.8, 4) is 11.5 Å². The number of aryl methyl sites for hydroxylation is 1. The number of ether oxygens (including phenoxy) is 2. The molecular formula is C29H31N3O6. The molecule has 0 spiro atoms. The number of benzene rings is 3. The van der Waals surface area contributed by atoms with E-state index in [2.05, 4.69) is 5.32 Å². The largest absolute Gasteiger partial charge is 0.493 e. The minimum atomic E-state index is -0.890. The Morgan fingerprint density at radius 2 is 1.53 bits per heavy atom. The summed E-state index contributed by atoms with van der Waals surface area (Å²) in [6, 6.07) is 21.2. The third kappa shape index (κ3) is 5.95. The Kier molecular flexibility index (Phi) is 8.42. The first-order chi connectivity index (χ1) is 18.0. The predicted octanol–water partition coefficient (Wildman–Crippen LogP) is 4.60. The minimum absolute atomic E-state index is 0.275. The topological polar surface area (TPSA) is 133 Å². The van der Waals surface area contributed by atoms with E-state index >= 15 is 0 Å². The third-order valence-corrected chi connectivity index (χ3v) is 6.30. The van der Waals surface area contributed by atoms with Crippen LogP contribution in [0, 0.1) is 0 Å². The zero-order valence-corrected chi connectivity index (χ0v) is 21.9. The Bertz CT molecular complexity index is 1470. The van der Waals surface area contributed by atoms with E-state index in [4.69, 9.17) is 20.3 Å². The lowest BCUT2D eigenvalue weighted by atomic mass is 9.84. The van der Waals surface area contributed by atoms with Crippen molar-refractivity contribution >= 4 is 34.4 Å². The quantitative estimate of drug-likeness (QED) is 0.328. The number of amides is 2. The Morgan fingerprint density at radius 3 is 2.08 bits per heavy atom. The summed E-state index contributed by atoms with van der Waals surface area (Å²) in [6.07, 6.45) is 0. The molecule has 0 unspecified atom stereocenters. The van der Waals surface area contributed by atoms with Gasteiger partial charge in [-0.15, -0.1) is 0 Å². The molecule has 0 radical (unpaired) electrons. The van der Waals surface area contributed by atoms with Crippen molar-refractivity contribution in [1.29, 1.82) is 0 Å². The fraction of sp³-hybridized carbons (Fsp3) is 0.207. The number of hydrogen-bond acceptors (Lipinski definition) is 5. The molecule has 4 rings (SSSR count). The number of hydrogen-bond donors (Lipinski definition) is 3. The molecule has 0 aliphatic heterocycles. The maximum Gasteiger partial charge on any atom is 0.352 e. The number of aromatic carboxylic acids is 1. The molecule has 0 aliphatic rings. The molecule has 9 nitrogen and oxygen atoms in total. The molecule has 1 aromatic heterocycles. The van der Waals surface area contributed by atoms with Crippen LogP contribution in [0.4, 0.5) is 5.69 Å². The molecule has 0 saturated carbocycles. The van der Waals surface area contributed by atoms with Crippen LogP contribution in [-0.2, 0) is 17.3 Å². The van der Waals surface area contributed by atoms with Gasteiger partial charge in [0, 0.05) is 29.2 Å². The fourth-order valence-electron chi connectivity index (χ4n) is 3.79. The average Bonchev–Trinajstić information content (AvgIpc) is 3.25. The maximum absolute atomic E-state index is 12.4. The summed E-state index contributed by atoms with van der Waals surface area (Å²) in [4.78, 5) is 34.7. The molecule has 0 bridgehead atoms. The van der Waals surface area contributed by atoms with Crippen LogP contribution in [0.2, 0.25) is 0 Å². The first kappa shape index (κ1) is 27.8. The lowest BCUT2D eigenvalue weighted by molar-refractivity contribution is -0.122. The van der Waals surface area contributed by atoms with Gasteiger partial charge < -0.3 is 30.2 Å². The second-order valence-corrected chi connectivity index (χ2v) is 9.04. The number of nitrogens with zero attached hydrogens (tertiary/aromatic N) is 1. The number of primary amides is 1. The van der Waals surface area contributed by atoms with Crippen molar-refractivity contribution in [2.24, 2.45) is 12.8 Å². The number of carboxylic acid groups (broad SMARTS) is 1. The van der Waals surface area contributed by atoms with Crippen LogP contribution in [-0.4, -0.2) is 41.7 Å². The van der Waals surface area contributed by atoms with E-state index in [0.29, 0.717) is 28.4 Å². The van der Waals surface area contributed by atoms with E-state index in [-0.39, 0.29) is 5.91 Å². The van der Waals surface area contributed by atoms with Crippen molar-refractivity contribution in [3.63, 3.8) is 0 Å². The zero-order valence-electron chi connectivity index (χ0n) is 21.9. The molecule has 0 saturated heterocycles. The second kappa shape index (κ2) is 11.5. The van der Waals surface area contributed by atoms with Gasteiger partial charge in [0.05, 0.1) is 19.6 Å². The molecule has 4 aromatic rings. The summed E-state index contributed by atoms with van der Waals surface area (Å²) in [6.45, 7) is 3.51. The van der Waals surface area contributed by atoms with Gasteiger partial charge in [-0.2, -0.15) is 0 Å². The molecule has 9 heteroatoms. The Labute approximate surface area is 220 Å². The van der Waals surface area contributed by atoms with Gasteiger partial charge in [0.25, 0.3) is 5.91 Å². The van der Waals surface area contributed by atoms with Crippen LogP contribution < -0.4 is 20.5 Å². The molecule has 38 heavy (non-hydrogen) atoms. The third-order valence-electron chi connectivity index (χ3n) is 6.30. The molecule has 0 fully saturated rings. The number of aromatic nitrogens is 1. The van der Waals surface area contributed by atoms with Crippen molar-refractivity contribution in [3.05, 3.63) is 89.6 Å². The van der Waals surface area contributed by atoms with Gasteiger partial charge in [-0.3, -0.25) is 9.59 Å². The van der Waals surface area contributed by atoms with E-state index in [0.717, 1.165) is 16.5 Å². The number of anilines is 1. The summed E-state index contributed by atoms with van der Waals surface area (Å²) in [5.74, 6) is -0.540. The molecule has 1 heterocycles. The first-order valence-electron chi connectivity index (χ1n) is 11.7. The summed E-state index contributed by atoms with van der Waals surface area (Å²) in [5.41, 5.74) is 7.75. The average molecular weight is 518 g/mol. The highest BCUT2D eigenvalue weighted by molar-refractivity contribution is 6.04. The number of nitrogens with one attached hydrogen (secondary N) is 1. The lowest BCUT2D eigenvalue weighted by Gasteiger charge is -2.21. The second-order valence-electron chi connectivity index (χ2n) is 9.04. The standard InChI is InChI=1S/C19H22N2O4.C10H9NO2/c1-19(2,18(20)23)13-6-8-14(9-7-13)21-17(22)12-5-10-15(24-3)16(11-12)25-4;1-11-8-5-3-2-4-7(8)6-9(11)10(12)13/h5-11H,1-4H3,(H2,20,23)(H,21,22);2-6H,1H3,(H,12,13). The van der Waals surface area contributed by atoms with E-state index < -0.39 is 17.3 Å². The van der Waals surface area contributed by atoms with Gasteiger partial charge in [0.2, 0.25) is 5.91 Å². The zero-order chi connectivity index (χ0) is 28.0. The van der Waals surface area contributed by atoms with Crippen LogP contribution in [0.15, 0.2) is 72.8 Å². The summed E-state index contributed by atoms with van der Waals surface area (Å²) in [7, 11) is 4.80. The van der Waals surface area contributed by atoms with Crippen molar-refractivity contribution in [1.82, 2.24) is 4.57 Å². The van der Waals surface area contributed by atoms with Crippen molar-refractivity contribution in [2.45, 2.75) is 19.3 Å². The van der Waals surface area contributed by atoms with Crippen molar-refractivity contribution < 1.29 is 29.0 Å². The van der Waals surface area contributed by atoms with Crippen LogP contribution in [0.3, 0.4) is 0 Å². The number of carbonyl (C=O) groups excluding carboxylic acids is 2. The first-order valence-corrected chi connectivity index (χ1v) is 11.7. The Balaban J connectivity index is 0.000000256. The van der Waals surface area contributed by atoms with Gasteiger partial charge in [-0.05, 0) is 61.9 Å². The van der Waals surface area contributed by atoms with Gasteiger partial charge in [0.15, 0.2) is 11.5 Å². The number of fused-ring (bicyclic) bond motifs is 1. The number of nitrogens with two attached hydrogens (primary N) is 1. The summed E-state index contributed by atoms with van der Waals surface area (Å²) < 4.78 is 12.0. The monoisotopic (exact) mass is 517 g/mol. The molecule has 2 amide bonds. The Morgan fingerprint density at radius 1 is 0.895 bits per heavy atom. The number of rotatable bonds is 7.